The van der Waals surface area contributed by atoms with Gasteiger partial charge < -0.3 is 19.9 Å². The summed E-state index contributed by atoms with van der Waals surface area (Å²) in [6.45, 7) is 1.89. The Balaban J connectivity index is 1.63. The molecule has 1 aliphatic heterocycles. The fraction of sp³-hybridized carbons (Fsp3) is 0.458. The maximum atomic E-state index is 12.7. The van der Waals surface area contributed by atoms with E-state index in [4.69, 9.17) is 9.47 Å². The van der Waals surface area contributed by atoms with Crippen LogP contribution in [0.15, 0.2) is 42.6 Å². The molecule has 1 fully saturated rings. The van der Waals surface area contributed by atoms with Crippen molar-refractivity contribution in [2.45, 2.75) is 57.6 Å². The molecule has 0 radical (unpaired) electrons. The molecule has 31 heavy (non-hydrogen) atoms. The molecule has 7 nitrogen and oxygen atoms in total. The molecule has 1 saturated heterocycles. The number of hydrogen-bond donors (Lipinski definition) is 2. The Morgan fingerprint density at radius 2 is 1.97 bits per heavy atom. The number of benzene rings is 1. The van der Waals surface area contributed by atoms with Gasteiger partial charge in [-0.25, -0.2) is 9.78 Å². The average Bonchev–Trinajstić information content (AvgIpc) is 2.75. The second-order valence-corrected chi connectivity index (χ2v) is 8.06. The third-order valence-corrected chi connectivity index (χ3v) is 5.62. The Bertz CT molecular complexity index is 887. The Hall–Kier alpha value is -3.09. The minimum atomic E-state index is -0.784. The summed E-state index contributed by atoms with van der Waals surface area (Å²) in [5.74, 6) is -0.859. The number of esters is 1. The summed E-state index contributed by atoms with van der Waals surface area (Å²) in [5.41, 5.74) is 1.11. The molecular formula is C24H30N2O5. The predicted octanol–water partition coefficient (Wildman–Crippen LogP) is 3.65. The van der Waals surface area contributed by atoms with Crippen LogP contribution in [0.25, 0.3) is 0 Å². The normalized spacial score (nSPS) is 22.3. The molecule has 1 aromatic carbocycles. The van der Waals surface area contributed by atoms with Gasteiger partial charge in [0.1, 0.15) is 6.04 Å². The lowest BCUT2D eigenvalue weighted by Gasteiger charge is -2.26. The highest BCUT2D eigenvalue weighted by molar-refractivity contribution is 5.97. The molecule has 7 heteroatoms. The van der Waals surface area contributed by atoms with E-state index in [1.165, 1.54) is 24.9 Å². The molecule has 1 amide bonds. The predicted molar refractivity (Wildman–Crippen MR) is 116 cm³/mol. The van der Waals surface area contributed by atoms with Crippen LogP contribution in [0.3, 0.4) is 0 Å². The molecule has 166 valence electrons. The van der Waals surface area contributed by atoms with Crippen molar-refractivity contribution in [1.29, 1.82) is 0 Å². The van der Waals surface area contributed by atoms with Gasteiger partial charge in [-0.15, -0.1) is 0 Å². The first-order chi connectivity index (χ1) is 15.0. The number of methoxy groups -OCH3 is 1. The molecule has 3 rings (SSSR count). The minimum Gasteiger partial charge on any atom is -0.503 e. The highest BCUT2D eigenvalue weighted by Crippen LogP contribution is 2.28. The van der Waals surface area contributed by atoms with Crippen molar-refractivity contribution in [1.82, 2.24) is 10.3 Å². The lowest BCUT2D eigenvalue weighted by atomic mass is 9.88. The first kappa shape index (κ1) is 22.6. The average molecular weight is 427 g/mol. The molecule has 2 unspecified atom stereocenters. The second kappa shape index (κ2) is 10.8. The maximum absolute atomic E-state index is 12.7. The molecule has 2 aromatic rings. The number of carbonyl (C=O) groups is 2. The van der Waals surface area contributed by atoms with E-state index >= 15 is 0 Å². The van der Waals surface area contributed by atoms with Crippen molar-refractivity contribution in [3.63, 3.8) is 0 Å². The standard InChI is InChI=1S/C24H30N2O5/c1-16-14-18(15-17-8-4-3-5-9-17)10-6-7-11-19(24(29)31-16)26-23(28)21-22(27)20(30-2)12-13-25-21/h3-5,8-9,12-13,16,18-19,27H,6-7,10-11,14-15H2,1-2H3,(H,26,28)/t16?,18?,19-/m0/s1. The van der Waals surface area contributed by atoms with Crippen molar-refractivity contribution in [3.05, 3.63) is 53.9 Å². The van der Waals surface area contributed by atoms with Crippen molar-refractivity contribution in [3.8, 4) is 11.5 Å². The second-order valence-electron chi connectivity index (χ2n) is 8.06. The lowest BCUT2D eigenvalue weighted by Crippen LogP contribution is -2.43. The van der Waals surface area contributed by atoms with E-state index in [0.717, 1.165) is 32.1 Å². The van der Waals surface area contributed by atoms with Crippen LogP contribution in [0.2, 0.25) is 0 Å². The van der Waals surface area contributed by atoms with Crippen LogP contribution >= 0.6 is 0 Å². The highest BCUT2D eigenvalue weighted by Gasteiger charge is 2.28. The zero-order valence-electron chi connectivity index (χ0n) is 18.0. The van der Waals surface area contributed by atoms with Gasteiger partial charge >= 0.3 is 5.97 Å². The minimum absolute atomic E-state index is 0.145. The van der Waals surface area contributed by atoms with E-state index in [0.29, 0.717) is 12.3 Å². The topological polar surface area (TPSA) is 97.8 Å². The molecule has 1 aliphatic rings. The first-order valence-electron chi connectivity index (χ1n) is 10.7. The van der Waals surface area contributed by atoms with Gasteiger partial charge in [-0.1, -0.05) is 43.2 Å². The summed E-state index contributed by atoms with van der Waals surface area (Å²) in [6.07, 6.45) is 6.12. The Kier molecular flexibility index (Phi) is 7.87. The van der Waals surface area contributed by atoms with E-state index in [1.807, 2.05) is 25.1 Å². The smallest absolute Gasteiger partial charge is 0.328 e. The number of aromatic hydroxyl groups is 1. The van der Waals surface area contributed by atoms with Gasteiger partial charge in [0.25, 0.3) is 5.91 Å². The number of nitrogens with one attached hydrogen (secondary N) is 1. The monoisotopic (exact) mass is 426 g/mol. The van der Waals surface area contributed by atoms with Crippen molar-refractivity contribution in [2.75, 3.05) is 7.11 Å². The van der Waals surface area contributed by atoms with E-state index in [2.05, 4.69) is 22.4 Å². The van der Waals surface area contributed by atoms with E-state index in [-0.39, 0.29) is 23.3 Å². The number of pyridine rings is 1. The van der Waals surface area contributed by atoms with Crippen molar-refractivity contribution in [2.24, 2.45) is 5.92 Å². The van der Waals surface area contributed by atoms with Gasteiger partial charge in [0, 0.05) is 12.3 Å². The third-order valence-electron chi connectivity index (χ3n) is 5.62. The molecule has 2 N–H and O–H groups in total. The van der Waals surface area contributed by atoms with E-state index < -0.39 is 17.9 Å². The van der Waals surface area contributed by atoms with Gasteiger partial charge in [-0.3, -0.25) is 4.79 Å². The van der Waals surface area contributed by atoms with Crippen LogP contribution in [0.5, 0.6) is 11.5 Å². The highest BCUT2D eigenvalue weighted by atomic mass is 16.5. The summed E-state index contributed by atoms with van der Waals surface area (Å²) < 4.78 is 10.7. The SMILES string of the molecule is COc1ccnc(C(=O)N[C@H]2CCCCC(Cc3ccccc3)CC(C)OC2=O)c1O. The van der Waals surface area contributed by atoms with Gasteiger partial charge in [-0.05, 0) is 44.1 Å². The summed E-state index contributed by atoms with van der Waals surface area (Å²) in [7, 11) is 1.39. The number of ether oxygens (including phenoxy) is 2. The molecule has 0 saturated carbocycles. The van der Waals surface area contributed by atoms with Crippen molar-refractivity contribution < 1.29 is 24.2 Å². The van der Waals surface area contributed by atoms with E-state index in [1.54, 1.807) is 0 Å². The largest absolute Gasteiger partial charge is 0.503 e. The van der Waals surface area contributed by atoms with Crippen LogP contribution in [0, 0.1) is 5.92 Å². The molecular weight excluding hydrogens is 396 g/mol. The van der Waals surface area contributed by atoms with Crippen LogP contribution in [-0.2, 0) is 16.0 Å². The van der Waals surface area contributed by atoms with Gasteiger partial charge in [0.2, 0.25) is 0 Å². The summed E-state index contributed by atoms with van der Waals surface area (Å²) in [4.78, 5) is 29.3. The summed E-state index contributed by atoms with van der Waals surface area (Å²) in [5, 5.41) is 12.8. The summed E-state index contributed by atoms with van der Waals surface area (Å²) in [6, 6.07) is 11.0. The van der Waals surface area contributed by atoms with Crippen molar-refractivity contribution >= 4 is 11.9 Å². The number of carbonyl (C=O) groups excluding carboxylic acids is 2. The fourth-order valence-corrected chi connectivity index (χ4v) is 4.07. The number of rotatable bonds is 5. The van der Waals surface area contributed by atoms with Crippen LogP contribution < -0.4 is 10.1 Å². The lowest BCUT2D eigenvalue weighted by molar-refractivity contribution is -0.151. The Morgan fingerprint density at radius 3 is 2.71 bits per heavy atom. The number of amides is 1. The zero-order chi connectivity index (χ0) is 22.2. The third kappa shape index (κ3) is 6.20. The summed E-state index contributed by atoms with van der Waals surface area (Å²) >= 11 is 0. The van der Waals surface area contributed by atoms with Gasteiger partial charge in [0.05, 0.1) is 13.2 Å². The Morgan fingerprint density at radius 1 is 1.23 bits per heavy atom. The molecule has 0 bridgehead atoms. The first-order valence-corrected chi connectivity index (χ1v) is 10.7. The molecule has 0 aliphatic carbocycles. The van der Waals surface area contributed by atoms with Crippen LogP contribution in [-0.4, -0.2) is 41.2 Å². The van der Waals surface area contributed by atoms with E-state index in [9.17, 15) is 14.7 Å². The fourth-order valence-electron chi connectivity index (χ4n) is 4.07. The van der Waals surface area contributed by atoms with Crippen LogP contribution in [0.4, 0.5) is 0 Å². The quantitative estimate of drug-likeness (QED) is 0.709. The zero-order valence-corrected chi connectivity index (χ0v) is 18.0. The molecule has 0 spiro atoms. The number of hydrogen-bond acceptors (Lipinski definition) is 6. The number of aromatic nitrogens is 1. The Labute approximate surface area is 182 Å². The van der Waals surface area contributed by atoms with Gasteiger partial charge in [-0.2, -0.15) is 0 Å². The van der Waals surface area contributed by atoms with Crippen LogP contribution in [0.1, 0.15) is 55.1 Å². The maximum Gasteiger partial charge on any atom is 0.328 e. The number of cyclic esters (lactones) is 1. The molecule has 3 atom stereocenters. The van der Waals surface area contributed by atoms with Gasteiger partial charge in [0.15, 0.2) is 17.2 Å². The number of nitrogens with zero attached hydrogens (tertiary/aromatic N) is 1. The molecule has 1 aromatic heterocycles. The molecule has 2 heterocycles.